The van der Waals surface area contributed by atoms with Crippen LogP contribution < -0.4 is 0 Å². The van der Waals surface area contributed by atoms with Crippen LogP contribution in [-0.2, 0) is 16.6 Å². The predicted octanol–water partition coefficient (Wildman–Crippen LogP) is 4.32. The molecule has 1 atom stereocenters. The Kier molecular flexibility index (Phi) is 4.80. The van der Waals surface area contributed by atoms with E-state index in [1.54, 1.807) is 13.4 Å². The van der Waals surface area contributed by atoms with Crippen molar-refractivity contribution >= 4 is 0 Å². The lowest BCUT2D eigenvalue weighted by Crippen LogP contribution is -2.10. The van der Waals surface area contributed by atoms with Crippen molar-refractivity contribution in [1.82, 2.24) is 0 Å². The van der Waals surface area contributed by atoms with Crippen molar-refractivity contribution < 1.29 is 4.74 Å². The van der Waals surface area contributed by atoms with Crippen molar-refractivity contribution in [2.24, 2.45) is 5.92 Å². The van der Waals surface area contributed by atoms with E-state index >= 15 is 0 Å². The second-order valence-electron chi connectivity index (χ2n) is 5.69. The molecule has 1 nitrogen and oxygen atoms in total. The fourth-order valence-corrected chi connectivity index (χ4v) is 1.79. The maximum atomic E-state index is 4.93. The molecule has 0 N–H and O–H groups in total. The molecule has 0 aromatic heterocycles. The van der Waals surface area contributed by atoms with Crippen LogP contribution in [0, 0.1) is 5.92 Å². The van der Waals surface area contributed by atoms with Gasteiger partial charge in [-0.3, -0.25) is 0 Å². The lowest BCUT2D eigenvalue weighted by atomic mass is 9.86. The van der Waals surface area contributed by atoms with Gasteiger partial charge in [0.1, 0.15) is 0 Å². The number of methoxy groups -OCH3 is 1. The van der Waals surface area contributed by atoms with Crippen LogP contribution in [0.1, 0.15) is 38.8 Å². The Labute approximate surface area is 106 Å². The number of benzene rings is 1. The van der Waals surface area contributed by atoms with Crippen molar-refractivity contribution in [1.29, 1.82) is 0 Å². The maximum absolute atomic E-state index is 4.93. The van der Waals surface area contributed by atoms with Gasteiger partial charge in [0, 0.05) is 0 Å². The van der Waals surface area contributed by atoms with Crippen LogP contribution in [-0.4, -0.2) is 7.11 Å². The summed E-state index contributed by atoms with van der Waals surface area (Å²) in [4.78, 5) is 0. The molecular formula is C16H24O. The normalized spacial score (nSPS) is 13.9. The summed E-state index contributed by atoms with van der Waals surface area (Å²) in [7, 11) is 1.68. The van der Waals surface area contributed by atoms with E-state index in [9.17, 15) is 0 Å². The van der Waals surface area contributed by atoms with Crippen LogP contribution in [0.3, 0.4) is 0 Å². The van der Waals surface area contributed by atoms with E-state index in [2.05, 4.69) is 58.0 Å². The zero-order chi connectivity index (χ0) is 12.9. The summed E-state index contributed by atoms with van der Waals surface area (Å²) in [5.74, 6) is 0.510. The van der Waals surface area contributed by atoms with E-state index in [4.69, 9.17) is 4.74 Å². The van der Waals surface area contributed by atoms with E-state index in [-0.39, 0.29) is 5.41 Å². The summed E-state index contributed by atoms with van der Waals surface area (Å²) in [6.07, 6.45) is 4.91. The SMILES string of the molecule is COC=CC(C)Cc1ccc(C(C)(C)C)cc1. The molecule has 0 aliphatic carbocycles. The Morgan fingerprint density at radius 2 is 1.76 bits per heavy atom. The fraction of sp³-hybridized carbons (Fsp3) is 0.500. The highest BCUT2D eigenvalue weighted by Gasteiger charge is 2.12. The minimum Gasteiger partial charge on any atom is -0.505 e. The highest BCUT2D eigenvalue weighted by molar-refractivity contribution is 5.27. The van der Waals surface area contributed by atoms with Crippen LogP contribution in [0.5, 0.6) is 0 Å². The summed E-state index contributed by atoms with van der Waals surface area (Å²) in [6.45, 7) is 8.93. The molecule has 94 valence electrons. The van der Waals surface area contributed by atoms with Crippen LogP contribution in [0.2, 0.25) is 0 Å². The van der Waals surface area contributed by atoms with Crippen molar-refractivity contribution in [3.8, 4) is 0 Å². The van der Waals surface area contributed by atoms with Gasteiger partial charge in [-0.15, -0.1) is 0 Å². The third-order valence-electron chi connectivity index (χ3n) is 2.92. The molecule has 0 heterocycles. The third kappa shape index (κ3) is 4.64. The second kappa shape index (κ2) is 5.90. The van der Waals surface area contributed by atoms with Crippen molar-refractivity contribution in [3.63, 3.8) is 0 Å². The number of hydrogen-bond acceptors (Lipinski definition) is 1. The summed E-state index contributed by atoms with van der Waals surface area (Å²) < 4.78 is 4.93. The number of hydrogen-bond donors (Lipinski definition) is 0. The van der Waals surface area contributed by atoms with Crippen molar-refractivity contribution in [3.05, 3.63) is 47.7 Å². The van der Waals surface area contributed by atoms with Gasteiger partial charge in [0.2, 0.25) is 0 Å². The molecule has 0 bridgehead atoms. The lowest BCUT2D eigenvalue weighted by molar-refractivity contribution is 0.334. The van der Waals surface area contributed by atoms with Gasteiger partial charge in [-0.2, -0.15) is 0 Å². The van der Waals surface area contributed by atoms with Crippen molar-refractivity contribution in [2.45, 2.75) is 39.5 Å². The lowest BCUT2D eigenvalue weighted by Gasteiger charge is -2.19. The molecular weight excluding hydrogens is 208 g/mol. The van der Waals surface area contributed by atoms with Crippen LogP contribution in [0.4, 0.5) is 0 Å². The fourth-order valence-electron chi connectivity index (χ4n) is 1.79. The predicted molar refractivity (Wildman–Crippen MR) is 74.2 cm³/mol. The number of ether oxygens (including phenoxy) is 1. The van der Waals surface area contributed by atoms with Gasteiger partial charge in [-0.05, 0) is 35.0 Å². The standard InChI is InChI=1S/C16H24O/c1-13(10-11-17-5)12-14-6-8-15(9-7-14)16(2,3)4/h6-11,13H,12H2,1-5H3. The Morgan fingerprint density at radius 1 is 1.18 bits per heavy atom. The molecule has 1 aromatic carbocycles. The number of rotatable bonds is 4. The smallest absolute Gasteiger partial charge is 0.0787 e. The molecule has 0 spiro atoms. The van der Waals surface area contributed by atoms with E-state index in [1.165, 1.54) is 11.1 Å². The second-order valence-corrected chi connectivity index (χ2v) is 5.69. The number of allylic oxidation sites excluding steroid dienone is 1. The highest BCUT2D eigenvalue weighted by Crippen LogP contribution is 2.22. The van der Waals surface area contributed by atoms with Crippen molar-refractivity contribution in [2.75, 3.05) is 7.11 Å². The van der Waals surface area contributed by atoms with Crippen LogP contribution in [0.15, 0.2) is 36.6 Å². The van der Waals surface area contributed by atoms with Gasteiger partial charge < -0.3 is 4.74 Å². The molecule has 1 heteroatoms. The first kappa shape index (κ1) is 13.8. The van der Waals surface area contributed by atoms with E-state index in [0.29, 0.717) is 5.92 Å². The Morgan fingerprint density at radius 3 is 2.24 bits per heavy atom. The van der Waals surface area contributed by atoms with Gasteiger partial charge in [0.15, 0.2) is 0 Å². The Bertz CT molecular complexity index is 354. The molecule has 1 rings (SSSR count). The van der Waals surface area contributed by atoms with Gasteiger partial charge in [0.25, 0.3) is 0 Å². The molecule has 0 saturated carbocycles. The van der Waals surface area contributed by atoms with Gasteiger partial charge in [0.05, 0.1) is 13.4 Å². The first-order valence-electron chi connectivity index (χ1n) is 6.22. The average molecular weight is 232 g/mol. The van der Waals surface area contributed by atoms with Gasteiger partial charge in [-0.1, -0.05) is 52.0 Å². The first-order valence-corrected chi connectivity index (χ1v) is 6.22. The molecule has 0 aliphatic rings. The van der Waals surface area contributed by atoms with Crippen LogP contribution >= 0.6 is 0 Å². The first-order chi connectivity index (χ1) is 7.93. The molecule has 0 amide bonds. The highest BCUT2D eigenvalue weighted by atomic mass is 16.5. The Hall–Kier alpha value is -1.24. The molecule has 0 saturated heterocycles. The van der Waals surface area contributed by atoms with Gasteiger partial charge in [-0.25, -0.2) is 0 Å². The minimum absolute atomic E-state index is 0.236. The molecule has 17 heavy (non-hydrogen) atoms. The summed E-state index contributed by atoms with van der Waals surface area (Å²) in [6, 6.07) is 8.94. The monoisotopic (exact) mass is 232 g/mol. The zero-order valence-corrected chi connectivity index (χ0v) is 11.7. The van der Waals surface area contributed by atoms with Crippen LogP contribution in [0.25, 0.3) is 0 Å². The molecule has 1 aromatic rings. The van der Waals surface area contributed by atoms with Gasteiger partial charge >= 0.3 is 0 Å². The molecule has 1 unspecified atom stereocenters. The summed E-state index contributed by atoms with van der Waals surface area (Å²) >= 11 is 0. The summed E-state index contributed by atoms with van der Waals surface area (Å²) in [5, 5.41) is 0. The quantitative estimate of drug-likeness (QED) is 0.702. The third-order valence-corrected chi connectivity index (χ3v) is 2.92. The molecule has 0 fully saturated rings. The minimum atomic E-state index is 0.236. The zero-order valence-electron chi connectivity index (χ0n) is 11.7. The van der Waals surface area contributed by atoms with E-state index in [0.717, 1.165) is 6.42 Å². The molecule has 0 aliphatic heterocycles. The maximum Gasteiger partial charge on any atom is 0.0787 e. The average Bonchev–Trinajstić information content (AvgIpc) is 2.26. The Balaban J connectivity index is 2.66. The van der Waals surface area contributed by atoms with E-state index < -0.39 is 0 Å². The molecule has 0 radical (unpaired) electrons. The summed E-state index contributed by atoms with van der Waals surface area (Å²) in [5.41, 5.74) is 3.01. The largest absolute Gasteiger partial charge is 0.505 e. The topological polar surface area (TPSA) is 9.23 Å². The van der Waals surface area contributed by atoms with E-state index in [1.807, 2.05) is 0 Å².